The molecule has 0 bridgehead atoms. The van der Waals surface area contributed by atoms with E-state index in [4.69, 9.17) is 0 Å². The molecule has 2 heteroatoms. The van der Waals surface area contributed by atoms with Crippen molar-refractivity contribution in [3.63, 3.8) is 0 Å². The Hall–Kier alpha value is -0.500. The largest absolute Gasteiger partial charge is 0.508 e. The molecule has 0 atom stereocenters. The van der Waals surface area contributed by atoms with E-state index in [1.165, 1.54) is 24.0 Å². The van der Waals surface area contributed by atoms with Crippen molar-refractivity contribution in [3.8, 4) is 5.75 Å². The number of hydrogen-bond donors (Lipinski definition) is 1. The highest BCUT2D eigenvalue weighted by molar-refractivity contribution is 9.10. The third-order valence-corrected chi connectivity index (χ3v) is 2.96. The molecule has 1 aliphatic carbocycles. The summed E-state index contributed by atoms with van der Waals surface area (Å²) >= 11 is 3.48. The van der Waals surface area contributed by atoms with E-state index >= 15 is 0 Å². The van der Waals surface area contributed by atoms with Crippen molar-refractivity contribution in [1.29, 1.82) is 0 Å². The summed E-state index contributed by atoms with van der Waals surface area (Å²) < 4.78 is 1.06. The second-order valence-corrected chi connectivity index (χ2v) is 4.29. The predicted octanol–water partition coefficient (Wildman–Crippen LogP) is 3.34. The lowest BCUT2D eigenvalue weighted by Crippen LogP contribution is -1.87. The smallest absolute Gasteiger partial charge is 0.116 e. The van der Waals surface area contributed by atoms with E-state index in [0.29, 0.717) is 5.75 Å². The van der Waals surface area contributed by atoms with Crippen molar-refractivity contribution >= 4 is 15.9 Å². The van der Waals surface area contributed by atoms with Crippen LogP contribution in [0, 0.1) is 6.92 Å². The Bertz CT molecular complexity index is 293. The van der Waals surface area contributed by atoms with Crippen molar-refractivity contribution in [1.82, 2.24) is 0 Å². The van der Waals surface area contributed by atoms with Gasteiger partial charge < -0.3 is 5.11 Å². The number of phenols is 1. The number of rotatable bonds is 1. The maximum atomic E-state index is 9.29. The number of aryl methyl sites for hydroxylation is 1. The van der Waals surface area contributed by atoms with Crippen molar-refractivity contribution in [2.24, 2.45) is 0 Å². The first kappa shape index (κ1) is 8.11. The van der Waals surface area contributed by atoms with Gasteiger partial charge in [0.1, 0.15) is 5.75 Å². The lowest BCUT2D eigenvalue weighted by atomic mass is 10.0. The summed E-state index contributed by atoms with van der Waals surface area (Å²) in [4.78, 5) is 0. The van der Waals surface area contributed by atoms with E-state index in [1.54, 1.807) is 6.07 Å². The van der Waals surface area contributed by atoms with Crippen LogP contribution in [-0.2, 0) is 0 Å². The van der Waals surface area contributed by atoms with Gasteiger partial charge in [-0.15, -0.1) is 0 Å². The zero-order chi connectivity index (χ0) is 8.72. The second kappa shape index (κ2) is 2.77. The van der Waals surface area contributed by atoms with Gasteiger partial charge in [-0.25, -0.2) is 0 Å². The molecule has 0 saturated heterocycles. The van der Waals surface area contributed by atoms with Gasteiger partial charge >= 0.3 is 0 Å². The molecule has 1 N–H and O–H groups in total. The fourth-order valence-electron chi connectivity index (χ4n) is 1.63. The van der Waals surface area contributed by atoms with Crippen LogP contribution in [0.3, 0.4) is 0 Å². The summed E-state index contributed by atoms with van der Waals surface area (Å²) in [6.07, 6.45) is 2.59. The lowest BCUT2D eigenvalue weighted by Gasteiger charge is -2.07. The molecule has 1 nitrogen and oxygen atoms in total. The van der Waals surface area contributed by atoms with Crippen molar-refractivity contribution in [2.45, 2.75) is 25.7 Å². The van der Waals surface area contributed by atoms with Crippen LogP contribution in [0.4, 0.5) is 0 Å². The van der Waals surface area contributed by atoms with Crippen LogP contribution in [-0.4, -0.2) is 5.11 Å². The summed E-state index contributed by atoms with van der Waals surface area (Å²) in [7, 11) is 0. The lowest BCUT2D eigenvalue weighted by molar-refractivity contribution is 0.474. The Balaban J connectivity index is 2.51. The molecule has 0 spiro atoms. The summed E-state index contributed by atoms with van der Waals surface area (Å²) in [6, 6.07) is 3.61. The molecule has 1 aliphatic rings. The van der Waals surface area contributed by atoms with Gasteiger partial charge in [-0.2, -0.15) is 0 Å². The van der Waals surface area contributed by atoms with E-state index in [9.17, 15) is 5.11 Å². The van der Waals surface area contributed by atoms with E-state index in [1.807, 2.05) is 6.07 Å². The molecule has 12 heavy (non-hydrogen) atoms. The normalized spacial score (nSPS) is 16.5. The van der Waals surface area contributed by atoms with Crippen LogP contribution < -0.4 is 0 Å². The Morgan fingerprint density at radius 3 is 2.58 bits per heavy atom. The SMILES string of the molecule is Cc1cc(O)cc(Br)c1C1CC1. The van der Waals surface area contributed by atoms with Gasteiger partial charge in [-0.05, 0) is 48.9 Å². The minimum atomic E-state index is 0.351. The highest BCUT2D eigenvalue weighted by Gasteiger charge is 2.27. The number of halogens is 1. The van der Waals surface area contributed by atoms with Crippen molar-refractivity contribution in [3.05, 3.63) is 27.7 Å². The van der Waals surface area contributed by atoms with Gasteiger partial charge in [0.25, 0.3) is 0 Å². The van der Waals surface area contributed by atoms with Gasteiger partial charge in [0.2, 0.25) is 0 Å². The third-order valence-electron chi connectivity index (χ3n) is 2.31. The number of benzene rings is 1. The molecule has 0 heterocycles. The quantitative estimate of drug-likeness (QED) is 0.779. The highest BCUT2D eigenvalue weighted by Crippen LogP contribution is 2.45. The number of hydrogen-bond acceptors (Lipinski definition) is 1. The molecule has 0 amide bonds. The van der Waals surface area contributed by atoms with Crippen LogP contribution in [0.25, 0.3) is 0 Å². The zero-order valence-corrected chi connectivity index (χ0v) is 8.56. The van der Waals surface area contributed by atoms with Gasteiger partial charge in [-0.1, -0.05) is 15.9 Å². The molecular formula is C10H11BrO. The van der Waals surface area contributed by atoms with Crippen molar-refractivity contribution in [2.75, 3.05) is 0 Å². The first-order valence-electron chi connectivity index (χ1n) is 4.17. The summed E-state index contributed by atoms with van der Waals surface area (Å²) in [5.74, 6) is 1.09. The van der Waals surface area contributed by atoms with Crippen LogP contribution >= 0.6 is 15.9 Å². The molecule has 0 aliphatic heterocycles. The summed E-state index contributed by atoms with van der Waals surface area (Å²) in [5, 5.41) is 9.29. The minimum Gasteiger partial charge on any atom is -0.508 e. The average molecular weight is 227 g/mol. The molecule has 1 aromatic carbocycles. The molecule has 0 radical (unpaired) electrons. The van der Waals surface area contributed by atoms with E-state index in [0.717, 1.165) is 10.4 Å². The third kappa shape index (κ3) is 1.36. The molecule has 1 saturated carbocycles. The number of aromatic hydroxyl groups is 1. The zero-order valence-electron chi connectivity index (χ0n) is 6.97. The van der Waals surface area contributed by atoms with E-state index in [2.05, 4.69) is 22.9 Å². The van der Waals surface area contributed by atoms with Crippen LogP contribution in [0.2, 0.25) is 0 Å². The molecule has 1 aromatic rings. The Labute approximate surface area is 80.5 Å². The predicted molar refractivity (Wildman–Crippen MR) is 52.5 cm³/mol. The molecule has 0 unspecified atom stereocenters. The summed E-state index contributed by atoms with van der Waals surface area (Å²) in [6.45, 7) is 2.05. The van der Waals surface area contributed by atoms with E-state index in [-0.39, 0.29) is 0 Å². The standard InChI is InChI=1S/C10H11BrO/c1-6-4-8(12)5-9(11)10(6)7-2-3-7/h4-5,7,12H,2-3H2,1H3. The van der Waals surface area contributed by atoms with Gasteiger partial charge in [0.15, 0.2) is 0 Å². The Morgan fingerprint density at radius 2 is 2.08 bits per heavy atom. The topological polar surface area (TPSA) is 20.2 Å². The highest BCUT2D eigenvalue weighted by atomic mass is 79.9. The fourth-order valence-corrected chi connectivity index (χ4v) is 2.50. The van der Waals surface area contributed by atoms with Gasteiger partial charge in [-0.3, -0.25) is 0 Å². The minimum absolute atomic E-state index is 0.351. The first-order valence-corrected chi connectivity index (χ1v) is 4.97. The second-order valence-electron chi connectivity index (χ2n) is 3.43. The molecular weight excluding hydrogens is 216 g/mol. The Morgan fingerprint density at radius 1 is 1.42 bits per heavy atom. The summed E-state index contributed by atoms with van der Waals surface area (Å²) in [5.41, 5.74) is 2.58. The fraction of sp³-hybridized carbons (Fsp3) is 0.400. The Kier molecular flexibility index (Phi) is 1.87. The molecule has 64 valence electrons. The monoisotopic (exact) mass is 226 g/mol. The van der Waals surface area contributed by atoms with Crippen LogP contribution in [0.15, 0.2) is 16.6 Å². The van der Waals surface area contributed by atoms with Crippen LogP contribution in [0.1, 0.15) is 29.9 Å². The maximum Gasteiger partial charge on any atom is 0.116 e. The molecule has 2 rings (SSSR count). The molecule has 1 fully saturated rings. The van der Waals surface area contributed by atoms with Crippen LogP contribution in [0.5, 0.6) is 5.75 Å². The molecule has 0 aromatic heterocycles. The average Bonchev–Trinajstić information content (AvgIpc) is 2.68. The van der Waals surface area contributed by atoms with Gasteiger partial charge in [0, 0.05) is 4.47 Å². The van der Waals surface area contributed by atoms with Gasteiger partial charge in [0.05, 0.1) is 0 Å². The first-order chi connectivity index (χ1) is 5.68. The van der Waals surface area contributed by atoms with E-state index < -0.39 is 0 Å². The number of phenolic OH excluding ortho intramolecular Hbond substituents is 1. The van der Waals surface area contributed by atoms with Crippen molar-refractivity contribution < 1.29 is 5.11 Å². The maximum absolute atomic E-state index is 9.29.